The van der Waals surface area contributed by atoms with Crippen LogP contribution in [-0.2, 0) is 0 Å². The monoisotopic (exact) mass is 376 g/mol. The average molecular weight is 376 g/mol. The second-order valence-electron chi connectivity index (χ2n) is 7.03. The van der Waals surface area contributed by atoms with Gasteiger partial charge in [-0.1, -0.05) is 30.3 Å². The summed E-state index contributed by atoms with van der Waals surface area (Å²) in [7, 11) is 1.63. The van der Waals surface area contributed by atoms with Crippen molar-refractivity contribution in [1.29, 1.82) is 0 Å². The van der Waals surface area contributed by atoms with Crippen molar-refractivity contribution in [3.8, 4) is 22.7 Å². The number of aromatic nitrogens is 2. The topological polar surface area (TPSA) is 73.4 Å². The predicted octanol–water partition coefficient (Wildman–Crippen LogP) is 3.11. The van der Waals surface area contributed by atoms with Crippen molar-refractivity contribution < 1.29 is 9.53 Å². The van der Waals surface area contributed by atoms with Gasteiger partial charge < -0.3 is 15.4 Å². The molecule has 1 amide bonds. The van der Waals surface area contributed by atoms with E-state index < -0.39 is 0 Å². The Morgan fingerprint density at radius 2 is 1.86 bits per heavy atom. The van der Waals surface area contributed by atoms with Crippen LogP contribution in [-0.4, -0.2) is 46.8 Å². The lowest BCUT2D eigenvalue weighted by atomic mass is 10.0. The largest absolute Gasteiger partial charge is 0.497 e. The number of hydrogen-bond acceptors (Lipinski definition) is 4. The van der Waals surface area contributed by atoms with Gasteiger partial charge >= 0.3 is 0 Å². The first-order valence-electron chi connectivity index (χ1n) is 9.50. The highest BCUT2D eigenvalue weighted by molar-refractivity contribution is 6.00. The number of benzene rings is 2. The third-order valence-electron chi connectivity index (χ3n) is 5.14. The standard InChI is InChI=1S/C22H24N4O2/c1-28-19-9-5-6-16(14-19)21-20(22(27)25-12-10-17(23)11-13-25)15-26(24-21)18-7-3-2-4-8-18/h2-9,14-15,17H,10-13,23H2,1H3. The second-order valence-corrected chi connectivity index (χ2v) is 7.03. The number of likely N-dealkylation sites (tertiary alicyclic amines) is 1. The van der Waals surface area contributed by atoms with E-state index in [9.17, 15) is 4.79 Å². The van der Waals surface area contributed by atoms with E-state index in [0.29, 0.717) is 24.3 Å². The summed E-state index contributed by atoms with van der Waals surface area (Å²) in [6.07, 6.45) is 3.47. The number of nitrogens with zero attached hydrogens (tertiary/aromatic N) is 3. The molecule has 144 valence electrons. The van der Waals surface area contributed by atoms with Crippen molar-refractivity contribution >= 4 is 5.91 Å². The molecule has 0 unspecified atom stereocenters. The molecule has 0 radical (unpaired) electrons. The quantitative estimate of drug-likeness (QED) is 0.759. The van der Waals surface area contributed by atoms with Crippen LogP contribution < -0.4 is 10.5 Å². The number of para-hydroxylation sites is 1. The first-order valence-corrected chi connectivity index (χ1v) is 9.50. The van der Waals surface area contributed by atoms with Crippen LogP contribution in [0.2, 0.25) is 0 Å². The molecule has 0 spiro atoms. The molecule has 0 saturated carbocycles. The van der Waals surface area contributed by atoms with Gasteiger partial charge in [-0.15, -0.1) is 0 Å². The molecule has 1 aliphatic rings. The Bertz CT molecular complexity index is 960. The fourth-order valence-electron chi connectivity index (χ4n) is 3.50. The van der Waals surface area contributed by atoms with Gasteiger partial charge in [0.2, 0.25) is 0 Å². The van der Waals surface area contributed by atoms with Crippen molar-refractivity contribution in [3.63, 3.8) is 0 Å². The number of piperidine rings is 1. The highest BCUT2D eigenvalue weighted by atomic mass is 16.5. The summed E-state index contributed by atoms with van der Waals surface area (Å²) >= 11 is 0. The summed E-state index contributed by atoms with van der Waals surface area (Å²) in [6.45, 7) is 1.35. The van der Waals surface area contributed by atoms with Gasteiger partial charge in [-0.3, -0.25) is 4.79 Å². The summed E-state index contributed by atoms with van der Waals surface area (Å²) in [6, 6.07) is 17.6. The zero-order valence-electron chi connectivity index (χ0n) is 15.9. The molecule has 1 saturated heterocycles. The number of amides is 1. The molecule has 6 heteroatoms. The molecule has 1 fully saturated rings. The highest BCUT2D eigenvalue weighted by Gasteiger charge is 2.26. The van der Waals surface area contributed by atoms with E-state index in [1.54, 1.807) is 11.8 Å². The Hall–Kier alpha value is -3.12. The van der Waals surface area contributed by atoms with Crippen molar-refractivity contribution in [1.82, 2.24) is 14.7 Å². The second kappa shape index (κ2) is 7.86. The van der Waals surface area contributed by atoms with Crippen molar-refractivity contribution in [2.24, 2.45) is 5.73 Å². The van der Waals surface area contributed by atoms with Gasteiger partial charge in [-0.2, -0.15) is 5.10 Å². The first-order chi connectivity index (χ1) is 13.7. The van der Waals surface area contributed by atoms with Crippen LogP contribution in [0, 0.1) is 0 Å². The molecule has 0 atom stereocenters. The molecule has 4 rings (SSSR count). The number of rotatable bonds is 4. The number of methoxy groups -OCH3 is 1. The van der Waals surface area contributed by atoms with Gasteiger partial charge in [0.15, 0.2) is 0 Å². The van der Waals surface area contributed by atoms with Crippen LogP contribution in [0.15, 0.2) is 60.8 Å². The molecule has 3 aromatic rings. The van der Waals surface area contributed by atoms with Gasteiger partial charge in [0.05, 0.1) is 18.4 Å². The third kappa shape index (κ3) is 3.64. The molecule has 0 aliphatic carbocycles. The highest BCUT2D eigenvalue weighted by Crippen LogP contribution is 2.28. The summed E-state index contributed by atoms with van der Waals surface area (Å²) in [4.78, 5) is 15.2. The molecule has 6 nitrogen and oxygen atoms in total. The molecule has 2 aromatic carbocycles. The molecule has 2 N–H and O–H groups in total. The Morgan fingerprint density at radius 3 is 2.57 bits per heavy atom. The molecular weight excluding hydrogens is 352 g/mol. The molecule has 28 heavy (non-hydrogen) atoms. The summed E-state index contributed by atoms with van der Waals surface area (Å²) in [5, 5.41) is 4.75. The van der Waals surface area contributed by atoms with E-state index in [-0.39, 0.29) is 11.9 Å². The lowest BCUT2D eigenvalue weighted by Crippen LogP contribution is -2.42. The van der Waals surface area contributed by atoms with E-state index in [1.165, 1.54) is 0 Å². The van der Waals surface area contributed by atoms with E-state index in [1.807, 2.05) is 65.7 Å². The minimum Gasteiger partial charge on any atom is -0.497 e. The maximum Gasteiger partial charge on any atom is 0.257 e. The normalized spacial score (nSPS) is 14.9. The zero-order valence-corrected chi connectivity index (χ0v) is 15.9. The third-order valence-corrected chi connectivity index (χ3v) is 5.14. The van der Waals surface area contributed by atoms with Gasteiger partial charge in [0, 0.05) is 30.9 Å². The maximum absolute atomic E-state index is 13.3. The minimum absolute atomic E-state index is 0.00750. The lowest BCUT2D eigenvalue weighted by Gasteiger charge is -2.30. The van der Waals surface area contributed by atoms with Crippen molar-refractivity contribution in [2.75, 3.05) is 20.2 Å². The van der Waals surface area contributed by atoms with Crippen molar-refractivity contribution in [3.05, 3.63) is 66.4 Å². The Labute approximate surface area is 164 Å². The zero-order chi connectivity index (χ0) is 19.5. The van der Waals surface area contributed by atoms with Crippen LogP contribution in [0.25, 0.3) is 16.9 Å². The van der Waals surface area contributed by atoms with E-state index in [4.69, 9.17) is 15.6 Å². The fourth-order valence-corrected chi connectivity index (χ4v) is 3.50. The SMILES string of the molecule is COc1cccc(-c2nn(-c3ccccc3)cc2C(=O)N2CCC(N)CC2)c1. The smallest absolute Gasteiger partial charge is 0.257 e. The van der Waals surface area contributed by atoms with Crippen LogP contribution in [0.5, 0.6) is 5.75 Å². The van der Waals surface area contributed by atoms with E-state index >= 15 is 0 Å². The minimum atomic E-state index is -0.00750. The molecule has 1 aliphatic heterocycles. The predicted molar refractivity (Wildman–Crippen MR) is 109 cm³/mol. The number of carbonyl (C=O) groups excluding carboxylic acids is 1. The summed E-state index contributed by atoms with van der Waals surface area (Å²) in [5.74, 6) is 0.723. The lowest BCUT2D eigenvalue weighted by molar-refractivity contribution is 0.0715. The number of carbonyl (C=O) groups is 1. The molecule has 1 aromatic heterocycles. The van der Waals surface area contributed by atoms with Crippen LogP contribution >= 0.6 is 0 Å². The van der Waals surface area contributed by atoms with Gasteiger partial charge in [-0.25, -0.2) is 4.68 Å². The Balaban J connectivity index is 1.76. The Kier molecular flexibility index (Phi) is 5.12. The van der Waals surface area contributed by atoms with Gasteiger partial charge in [0.1, 0.15) is 11.4 Å². The average Bonchev–Trinajstić information content (AvgIpc) is 3.20. The summed E-state index contributed by atoms with van der Waals surface area (Å²) in [5.41, 5.74) is 9.01. The summed E-state index contributed by atoms with van der Waals surface area (Å²) < 4.78 is 7.11. The Morgan fingerprint density at radius 1 is 1.11 bits per heavy atom. The van der Waals surface area contributed by atoms with E-state index in [0.717, 1.165) is 29.8 Å². The van der Waals surface area contributed by atoms with Gasteiger partial charge in [-0.05, 0) is 37.1 Å². The number of hydrogen-bond donors (Lipinski definition) is 1. The molecular formula is C22H24N4O2. The first kappa shape index (κ1) is 18.3. The fraction of sp³-hybridized carbons (Fsp3) is 0.273. The molecule has 0 bridgehead atoms. The number of ether oxygens (including phenoxy) is 1. The number of nitrogens with two attached hydrogens (primary N) is 1. The van der Waals surface area contributed by atoms with E-state index in [2.05, 4.69) is 0 Å². The van der Waals surface area contributed by atoms with Crippen molar-refractivity contribution in [2.45, 2.75) is 18.9 Å². The van der Waals surface area contributed by atoms with Crippen LogP contribution in [0.4, 0.5) is 0 Å². The maximum atomic E-state index is 13.3. The van der Waals surface area contributed by atoms with Gasteiger partial charge in [0.25, 0.3) is 5.91 Å². The molecule has 2 heterocycles. The van der Waals surface area contributed by atoms with Crippen LogP contribution in [0.3, 0.4) is 0 Å². The van der Waals surface area contributed by atoms with Crippen LogP contribution in [0.1, 0.15) is 23.2 Å².